The maximum Gasteiger partial charge on any atom is 0.236 e. The predicted molar refractivity (Wildman–Crippen MR) is 99.5 cm³/mol. The highest BCUT2D eigenvalue weighted by atomic mass is 35.5. The minimum atomic E-state index is -0.663. The second-order valence-electron chi connectivity index (χ2n) is 6.32. The molecule has 1 aliphatic rings. The largest absolute Gasteiger partial charge is 0.495 e. The summed E-state index contributed by atoms with van der Waals surface area (Å²) < 4.78 is 10.8. The number of methoxy groups -OCH3 is 1. The van der Waals surface area contributed by atoms with Crippen LogP contribution in [0.3, 0.4) is 0 Å². The maximum absolute atomic E-state index is 12.9. The van der Waals surface area contributed by atoms with Crippen molar-refractivity contribution in [2.75, 3.05) is 12.4 Å². The third-order valence-electron chi connectivity index (χ3n) is 4.65. The van der Waals surface area contributed by atoms with Gasteiger partial charge in [0.05, 0.1) is 23.9 Å². The first-order valence-electron chi connectivity index (χ1n) is 8.30. The van der Waals surface area contributed by atoms with Crippen LogP contribution in [0.2, 0.25) is 5.02 Å². The lowest BCUT2D eigenvalue weighted by Gasteiger charge is -2.15. The second kappa shape index (κ2) is 6.50. The summed E-state index contributed by atoms with van der Waals surface area (Å²) in [5.41, 5.74) is 1.46. The first-order chi connectivity index (χ1) is 12.6. The van der Waals surface area contributed by atoms with Crippen molar-refractivity contribution >= 4 is 23.2 Å². The Labute approximate surface area is 155 Å². The molecule has 1 aromatic heterocycles. The second-order valence-corrected chi connectivity index (χ2v) is 6.76. The number of ether oxygens (including phenoxy) is 1. The van der Waals surface area contributed by atoms with Gasteiger partial charge in [-0.15, -0.1) is 0 Å². The number of halogens is 1. The summed E-state index contributed by atoms with van der Waals surface area (Å²) in [4.78, 5) is 12.9. The fourth-order valence-corrected chi connectivity index (χ4v) is 3.16. The molecule has 2 aromatic carbocycles. The van der Waals surface area contributed by atoms with E-state index in [1.807, 2.05) is 36.4 Å². The summed E-state index contributed by atoms with van der Waals surface area (Å²) >= 11 is 6.04. The van der Waals surface area contributed by atoms with Gasteiger partial charge in [0.15, 0.2) is 5.76 Å². The summed E-state index contributed by atoms with van der Waals surface area (Å²) in [5, 5.41) is 7.61. The lowest BCUT2D eigenvalue weighted by Crippen LogP contribution is -2.28. The molecule has 0 atom stereocenters. The summed E-state index contributed by atoms with van der Waals surface area (Å²) in [6, 6.07) is 16.7. The molecular weight excluding hydrogens is 352 g/mol. The molecule has 0 radical (unpaired) electrons. The number of nitrogens with zero attached hydrogens (tertiary/aromatic N) is 1. The van der Waals surface area contributed by atoms with Gasteiger partial charge in [-0.2, -0.15) is 0 Å². The van der Waals surface area contributed by atoms with E-state index in [4.69, 9.17) is 20.9 Å². The molecule has 0 bridgehead atoms. The fourth-order valence-electron chi connectivity index (χ4n) is 2.98. The average molecular weight is 369 g/mol. The van der Waals surface area contributed by atoms with E-state index in [2.05, 4.69) is 10.5 Å². The first kappa shape index (κ1) is 16.7. The van der Waals surface area contributed by atoms with E-state index in [9.17, 15) is 4.79 Å². The number of hydrogen-bond donors (Lipinski definition) is 1. The summed E-state index contributed by atoms with van der Waals surface area (Å²) in [5.74, 6) is 1.08. The van der Waals surface area contributed by atoms with Crippen LogP contribution in [0.15, 0.2) is 59.1 Å². The van der Waals surface area contributed by atoms with E-state index in [-0.39, 0.29) is 5.91 Å². The van der Waals surface area contributed by atoms with E-state index in [1.54, 1.807) is 25.3 Å². The molecule has 0 aliphatic heterocycles. The van der Waals surface area contributed by atoms with Crippen LogP contribution in [0.25, 0.3) is 11.3 Å². The number of amides is 1. The molecule has 4 rings (SSSR count). The van der Waals surface area contributed by atoms with E-state index < -0.39 is 5.41 Å². The van der Waals surface area contributed by atoms with Crippen molar-refractivity contribution in [3.63, 3.8) is 0 Å². The van der Waals surface area contributed by atoms with Crippen molar-refractivity contribution in [1.82, 2.24) is 5.16 Å². The standard InChI is InChI=1S/C20H17ClN2O3/c1-25-16-8-7-14(21)11-15(16)22-19(24)20(9-10-20)18-12-17(26-23-18)13-5-3-2-4-6-13/h2-8,11-12H,9-10H2,1H3,(H,22,24). The highest BCUT2D eigenvalue weighted by molar-refractivity contribution is 6.31. The van der Waals surface area contributed by atoms with Crippen molar-refractivity contribution in [2.24, 2.45) is 0 Å². The molecule has 3 aromatic rings. The van der Waals surface area contributed by atoms with Crippen LogP contribution in [0.4, 0.5) is 5.69 Å². The molecule has 0 saturated heterocycles. The van der Waals surface area contributed by atoms with Crippen LogP contribution < -0.4 is 10.1 Å². The van der Waals surface area contributed by atoms with Gasteiger partial charge in [0.1, 0.15) is 5.75 Å². The molecule has 0 spiro atoms. The normalized spacial score (nSPS) is 14.7. The minimum absolute atomic E-state index is 0.133. The van der Waals surface area contributed by atoms with Gasteiger partial charge in [0.25, 0.3) is 0 Å². The van der Waals surface area contributed by atoms with Crippen molar-refractivity contribution in [3.05, 3.63) is 65.3 Å². The molecule has 1 fully saturated rings. The zero-order valence-electron chi connectivity index (χ0n) is 14.2. The smallest absolute Gasteiger partial charge is 0.236 e. The highest BCUT2D eigenvalue weighted by Crippen LogP contribution is 2.49. The van der Waals surface area contributed by atoms with Gasteiger partial charge in [-0.05, 0) is 31.0 Å². The molecular formula is C20H17ClN2O3. The molecule has 1 saturated carbocycles. The van der Waals surface area contributed by atoms with Crippen molar-refractivity contribution in [3.8, 4) is 17.1 Å². The Morgan fingerprint density at radius 2 is 1.96 bits per heavy atom. The van der Waals surface area contributed by atoms with Crippen LogP contribution in [0.5, 0.6) is 5.75 Å². The first-order valence-corrected chi connectivity index (χ1v) is 8.68. The Bertz CT molecular complexity index is 949. The van der Waals surface area contributed by atoms with Gasteiger partial charge in [0.2, 0.25) is 5.91 Å². The van der Waals surface area contributed by atoms with Gasteiger partial charge >= 0.3 is 0 Å². The van der Waals surface area contributed by atoms with Crippen LogP contribution in [-0.2, 0) is 10.2 Å². The number of nitrogens with one attached hydrogen (secondary N) is 1. The topological polar surface area (TPSA) is 64.4 Å². The van der Waals surface area contributed by atoms with Gasteiger partial charge in [0, 0.05) is 16.7 Å². The Balaban J connectivity index is 1.59. The zero-order chi connectivity index (χ0) is 18.1. The molecule has 1 aliphatic carbocycles. The fraction of sp³-hybridized carbons (Fsp3) is 0.200. The van der Waals surface area contributed by atoms with E-state index in [0.29, 0.717) is 27.9 Å². The Hall–Kier alpha value is -2.79. The quantitative estimate of drug-likeness (QED) is 0.710. The Morgan fingerprint density at radius 3 is 2.65 bits per heavy atom. The number of aromatic nitrogens is 1. The van der Waals surface area contributed by atoms with E-state index in [0.717, 1.165) is 18.4 Å². The highest BCUT2D eigenvalue weighted by Gasteiger charge is 2.54. The monoisotopic (exact) mass is 368 g/mol. The lowest BCUT2D eigenvalue weighted by atomic mass is 10.00. The van der Waals surface area contributed by atoms with Crippen molar-refractivity contribution in [2.45, 2.75) is 18.3 Å². The Kier molecular flexibility index (Phi) is 4.17. The predicted octanol–water partition coefficient (Wildman–Crippen LogP) is 4.67. The summed E-state index contributed by atoms with van der Waals surface area (Å²) in [6.07, 6.45) is 1.45. The number of hydrogen-bond acceptors (Lipinski definition) is 4. The van der Waals surface area contributed by atoms with Crippen LogP contribution in [-0.4, -0.2) is 18.2 Å². The van der Waals surface area contributed by atoms with Crippen molar-refractivity contribution in [1.29, 1.82) is 0 Å². The van der Waals surface area contributed by atoms with Gasteiger partial charge in [-0.25, -0.2) is 0 Å². The summed E-state index contributed by atoms with van der Waals surface area (Å²) in [6.45, 7) is 0. The molecule has 6 heteroatoms. The third-order valence-corrected chi connectivity index (χ3v) is 4.89. The van der Waals surface area contributed by atoms with Gasteiger partial charge in [-0.1, -0.05) is 47.1 Å². The molecule has 1 amide bonds. The number of rotatable bonds is 5. The van der Waals surface area contributed by atoms with E-state index in [1.165, 1.54) is 0 Å². The number of carbonyl (C=O) groups excluding carboxylic acids is 1. The van der Waals surface area contributed by atoms with Gasteiger partial charge < -0.3 is 14.6 Å². The van der Waals surface area contributed by atoms with Crippen LogP contribution in [0.1, 0.15) is 18.5 Å². The molecule has 5 nitrogen and oxygen atoms in total. The summed E-state index contributed by atoms with van der Waals surface area (Å²) in [7, 11) is 1.55. The number of benzene rings is 2. The molecule has 1 N–H and O–H groups in total. The number of carbonyl (C=O) groups is 1. The SMILES string of the molecule is COc1ccc(Cl)cc1NC(=O)C1(c2cc(-c3ccccc3)on2)CC1. The molecule has 132 valence electrons. The van der Waals surface area contributed by atoms with E-state index >= 15 is 0 Å². The number of anilines is 1. The average Bonchev–Trinajstić information content (AvgIpc) is 3.33. The maximum atomic E-state index is 12.9. The van der Waals surface area contributed by atoms with Crippen LogP contribution in [0, 0.1) is 0 Å². The zero-order valence-corrected chi connectivity index (χ0v) is 14.9. The molecule has 1 heterocycles. The lowest BCUT2D eigenvalue weighted by molar-refractivity contribution is -0.118. The molecule has 0 unspecified atom stereocenters. The van der Waals surface area contributed by atoms with Crippen LogP contribution >= 0.6 is 11.6 Å². The molecule has 26 heavy (non-hydrogen) atoms. The Morgan fingerprint density at radius 1 is 1.19 bits per heavy atom. The van der Waals surface area contributed by atoms with Gasteiger partial charge in [-0.3, -0.25) is 4.79 Å². The minimum Gasteiger partial charge on any atom is -0.495 e. The third kappa shape index (κ3) is 2.95. The van der Waals surface area contributed by atoms with Crippen molar-refractivity contribution < 1.29 is 14.1 Å².